The van der Waals surface area contributed by atoms with Gasteiger partial charge in [-0.05, 0) is 53.7 Å². The third-order valence-electron chi connectivity index (χ3n) is 3.20. The SMILES string of the molecule is CP(=O)(Nc1ccc(SC(F)(F)F)cc1)OC(c1ccc(Cl)cc1)C(F)(F)F. The number of thioether (sulfide) groups is 1. The molecule has 28 heavy (non-hydrogen) atoms. The van der Waals surface area contributed by atoms with Gasteiger partial charge >= 0.3 is 11.7 Å². The standard InChI is InChI=1S/C16H13ClF6NO2PS/c1-27(25,24-12-6-8-13(9-7-12)28-16(21,22)23)26-14(15(18,19)20)10-2-4-11(17)5-3-10/h2-9,14H,1H3,(H,24,25). The smallest absolute Gasteiger partial charge is 0.316 e. The molecular weight excluding hydrogens is 451 g/mol. The number of nitrogens with one attached hydrogen (secondary N) is 1. The van der Waals surface area contributed by atoms with Crippen molar-refractivity contribution >= 4 is 36.6 Å². The van der Waals surface area contributed by atoms with E-state index in [0.29, 0.717) is 0 Å². The number of alkyl halides is 6. The van der Waals surface area contributed by atoms with Crippen LogP contribution in [0.3, 0.4) is 0 Å². The molecule has 3 nitrogen and oxygen atoms in total. The second kappa shape index (κ2) is 8.57. The second-order valence-corrected chi connectivity index (χ2v) is 9.31. The van der Waals surface area contributed by atoms with Crippen molar-refractivity contribution in [3.8, 4) is 0 Å². The number of rotatable bonds is 6. The molecule has 2 rings (SSSR count). The van der Waals surface area contributed by atoms with E-state index < -0.39 is 25.3 Å². The Morgan fingerprint density at radius 2 is 1.54 bits per heavy atom. The van der Waals surface area contributed by atoms with E-state index in [-0.39, 0.29) is 32.9 Å². The van der Waals surface area contributed by atoms with Crippen molar-refractivity contribution in [2.24, 2.45) is 0 Å². The normalized spacial score (nSPS) is 15.7. The van der Waals surface area contributed by atoms with Crippen molar-refractivity contribution in [2.75, 3.05) is 11.8 Å². The van der Waals surface area contributed by atoms with E-state index in [9.17, 15) is 30.9 Å². The molecule has 12 heteroatoms. The van der Waals surface area contributed by atoms with Crippen LogP contribution in [0, 0.1) is 0 Å². The first-order valence-electron chi connectivity index (χ1n) is 7.47. The van der Waals surface area contributed by atoms with Gasteiger partial charge in [0, 0.05) is 22.3 Å². The monoisotopic (exact) mass is 463 g/mol. The van der Waals surface area contributed by atoms with E-state index in [1.807, 2.05) is 0 Å². The average Bonchev–Trinajstić information content (AvgIpc) is 2.53. The molecule has 0 aliphatic carbocycles. The van der Waals surface area contributed by atoms with Crippen molar-refractivity contribution in [1.29, 1.82) is 0 Å². The van der Waals surface area contributed by atoms with Gasteiger partial charge in [-0.15, -0.1) is 0 Å². The van der Waals surface area contributed by atoms with Crippen LogP contribution in [0.2, 0.25) is 5.02 Å². The van der Waals surface area contributed by atoms with Gasteiger partial charge in [0.15, 0.2) is 6.10 Å². The lowest BCUT2D eigenvalue weighted by Gasteiger charge is -2.26. The molecule has 1 N–H and O–H groups in total. The van der Waals surface area contributed by atoms with Crippen molar-refractivity contribution in [2.45, 2.75) is 22.7 Å². The molecule has 154 valence electrons. The lowest BCUT2D eigenvalue weighted by molar-refractivity contribution is -0.197. The van der Waals surface area contributed by atoms with Crippen molar-refractivity contribution < 1.29 is 35.4 Å². The van der Waals surface area contributed by atoms with Crippen LogP contribution in [0.1, 0.15) is 11.7 Å². The third kappa shape index (κ3) is 7.24. The molecule has 0 saturated carbocycles. The Morgan fingerprint density at radius 1 is 1.00 bits per heavy atom. The van der Waals surface area contributed by atoms with Crippen molar-refractivity contribution in [1.82, 2.24) is 0 Å². The highest BCUT2D eigenvalue weighted by Gasteiger charge is 2.45. The first-order valence-corrected chi connectivity index (χ1v) is 10.7. The predicted octanol–water partition coefficient (Wildman–Crippen LogP) is 7.51. The molecule has 2 atom stereocenters. The maximum Gasteiger partial charge on any atom is 0.446 e. The summed E-state index contributed by atoms with van der Waals surface area (Å²) in [6.45, 7) is 0.944. The zero-order valence-corrected chi connectivity index (χ0v) is 16.5. The number of hydrogen-bond donors (Lipinski definition) is 1. The molecule has 0 bridgehead atoms. The maximum atomic E-state index is 13.4. The molecule has 0 saturated heterocycles. The summed E-state index contributed by atoms with van der Waals surface area (Å²) in [6.07, 6.45) is -7.33. The summed E-state index contributed by atoms with van der Waals surface area (Å²) in [4.78, 5) is -0.126. The van der Waals surface area contributed by atoms with Crippen molar-refractivity contribution in [3.05, 3.63) is 59.1 Å². The minimum Gasteiger partial charge on any atom is -0.316 e. The van der Waals surface area contributed by atoms with Gasteiger partial charge in [-0.25, -0.2) is 0 Å². The van der Waals surface area contributed by atoms with Gasteiger partial charge in [-0.2, -0.15) is 26.3 Å². The quantitative estimate of drug-likeness (QED) is 0.273. The average molecular weight is 464 g/mol. The molecular formula is C16H13ClF6NO2PS. The summed E-state index contributed by atoms with van der Waals surface area (Å²) in [7, 11) is -4.03. The van der Waals surface area contributed by atoms with Crippen molar-refractivity contribution in [3.63, 3.8) is 0 Å². The third-order valence-corrected chi connectivity index (χ3v) is 5.47. The number of hydrogen-bond acceptors (Lipinski definition) is 3. The maximum absolute atomic E-state index is 13.4. The Labute approximate surface area is 165 Å². The highest BCUT2D eigenvalue weighted by molar-refractivity contribution is 8.00. The lowest BCUT2D eigenvalue weighted by Crippen LogP contribution is -2.23. The lowest BCUT2D eigenvalue weighted by atomic mass is 10.1. The summed E-state index contributed by atoms with van der Waals surface area (Å²) in [5.74, 6) is 0. The van der Waals surface area contributed by atoms with Gasteiger partial charge in [0.2, 0.25) is 0 Å². The predicted molar refractivity (Wildman–Crippen MR) is 96.8 cm³/mol. The van der Waals surface area contributed by atoms with Crippen LogP contribution in [0.4, 0.5) is 32.0 Å². The molecule has 2 unspecified atom stereocenters. The highest BCUT2D eigenvalue weighted by Crippen LogP contribution is 2.51. The van der Waals surface area contributed by atoms with Gasteiger partial charge in [-0.1, -0.05) is 23.7 Å². The van der Waals surface area contributed by atoms with Crippen LogP contribution < -0.4 is 5.09 Å². The van der Waals surface area contributed by atoms with E-state index in [2.05, 4.69) is 5.09 Å². The molecule has 0 fully saturated rings. The molecule has 0 spiro atoms. The van der Waals surface area contributed by atoms with E-state index in [0.717, 1.165) is 30.9 Å². The number of anilines is 1. The minimum absolute atomic E-state index is 0.0504. The fourth-order valence-corrected chi connectivity index (χ4v) is 4.12. The Morgan fingerprint density at radius 3 is 2.00 bits per heavy atom. The van der Waals surface area contributed by atoms with E-state index >= 15 is 0 Å². The Bertz CT molecular complexity index is 842. The topological polar surface area (TPSA) is 38.3 Å². The first-order chi connectivity index (χ1) is 12.8. The van der Waals surface area contributed by atoms with Crippen LogP contribution in [-0.4, -0.2) is 18.3 Å². The van der Waals surface area contributed by atoms with E-state index in [1.165, 1.54) is 24.3 Å². The molecule has 2 aromatic rings. The molecule has 0 radical (unpaired) electrons. The summed E-state index contributed by atoms with van der Waals surface area (Å²) < 4.78 is 94.5. The summed E-state index contributed by atoms with van der Waals surface area (Å²) in [5, 5.41) is 2.53. The van der Waals surface area contributed by atoms with Gasteiger partial charge in [0.1, 0.15) is 0 Å². The molecule has 0 aliphatic rings. The van der Waals surface area contributed by atoms with Crippen LogP contribution in [0.15, 0.2) is 53.4 Å². The number of halogens is 7. The summed E-state index contributed by atoms with van der Waals surface area (Å²) in [6, 6.07) is 9.21. The largest absolute Gasteiger partial charge is 0.446 e. The van der Waals surface area contributed by atoms with Gasteiger partial charge in [-0.3, -0.25) is 9.09 Å². The fraction of sp³-hybridized carbons (Fsp3) is 0.250. The number of benzene rings is 2. The van der Waals surface area contributed by atoms with Crippen LogP contribution in [0.25, 0.3) is 0 Å². The summed E-state index contributed by atoms with van der Waals surface area (Å²) >= 11 is 5.31. The van der Waals surface area contributed by atoms with Crippen LogP contribution >= 0.6 is 30.9 Å². The van der Waals surface area contributed by atoms with E-state index in [4.69, 9.17) is 16.1 Å². The molecule has 0 amide bonds. The second-order valence-electron chi connectivity index (χ2n) is 5.61. The molecule has 0 aliphatic heterocycles. The first kappa shape index (κ1) is 22.9. The Balaban J connectivity index is 2.16. The molecule has 0 heterocycles. The molecule has 2 aromatic carbocycles. The zero-order chi connectivity index (χ0) is 21.2. The van der Waals surface area contributed by atoms with Crippen LogP contribution in [-0.2, 0) is 9.09 Å². The van der Waals surface area contributed by atoms with Gasteiger partial charge in [0.25, 0.3) is 7.52 Å². The Kier molecular flexibility index (Phi) is 7.02. The zero-order valence-electron chi connectivity index (χ0n) is 14.0. The fourth-order valence-electron chi connectivity index (χ4n) is 2.14. The van der Waals surface area contributed by atoms with Gasteiger partial charge in [0.05, 0.1) is 0 Å². The highest BCUT2D eigenvalue weighted by atomic mass is 35.5. The Hall–Kier alpha value is -1.35. The van der Waals surface area contributed by atoms with Gasteiger partial charge < -0.3 is 5.09 Å². The van der Waals surface area contributed by atoms with E-state index in [1.54, 1.807) is 0 Å². The minimum atomic E-state index is -4.85. The molecule has 0 aromatic heterocycles. The summed E-state index contributed by atoms with van der Waals surface area (Å²) in [5.41, 5.74) is -4.72. The van der Waals surface area contributed by atoms with Crippen LogP contribution in [0.5, 0.6) is 0 Å².